The van der Waals surface area contributed by atoms with E-state index >= 15 is 0 Å². The van der Waals surface area contributed by atoms with E-state index in [2.05, 4.69) is 39.4 Å². The highest BCUT2D eigenvalue weighted by Gasteiger charge is 2.30. The highest BCUT2D eigenvalue weighted by molar-refractivity contribution is 6.04. The largest absolute Gasteiger partial charge is 0.335 e. The number of nitrogens with one attached hydrogen (secondary N) is 1. The SMILES string of the molecule is O=C(c1n[nH]c2ccccc12)N1CCN([C@@H]2CCc3ccccc3C2)CC1. The van der Waals surface area contributed by atoms with Gasteiger partial charge in [0.05, 0.1) is 5.52 Å². The van der Waals surface area contributed by atoms with E-state index in [1.165, 1.54) is 24.0 Å². The van der Waals surface area contributed by atoms with Crippen molar-refractivity contribution in [2.75, 3.05) is 26.2 Å². The molecule has 1 fully saturated rings. The molecule has 1 N–H and O–H groups in total. The molecule has 0 bridgehead atoms. The van der Waals surface area contributed by atoms with Crippen LogP contribution in [-0.2, 0) is 12.8 Å². The first-order valence-corrected chi connectivity index (χ1v) is 9.83. The normalized spacial score (nSPS) is 20.6. The van der Waals surface area contributed by atoms with Crippen molar-refractivity contribution in [1.82, 2.24) is 20.0 Å². The molecule has 1 aliphatic carbocycles. The van der Waals surface area contributed by atoms with Crippen LogP contribution in [0.2, 0.25) is 0 Å². The van der Waals surface area contributed by atoms with E-state index in [0.29, 0.717) is 11.7 Å². The van der Waals surface area contributed by atoms with Gasteiger partial charge in [0.15, 0.2) is 5.69 Å². The van der Waals surface area contributed by atoms with E-state index in [0.717, 1.165) is 43.5 Å². The molecule has 2 aliphatic rings. The molecule has 2 heterocycles. The second kappa shape index (κ2) is 6.82. The molecule has 1 saturated heterocycles. The van der Waals surface area contributed by atoms with E-state index in [1.807, 2.05) is 29.2 Å². The quantitative estimate of drug-likeness (QED) is 0.765. The summed E-state index contributed by atoms with van der Waals surface area (Å²) in [5.41, 5.74) is 4.47. The van der Waals surface area contributed by atoms with Crippen LogP contribution in [0.15, 0.2) is 48.5 Å². The average Bonchev–Trinajstić information content (AvgIpc) is 3.17. The Bertz CT molecular complexity index is 971. The maximum atomic E-state index is 12.9. The molecule has 1 aromatic heterocycles. The Balaban J connectivity index is 1.25. The zero-order chi connectivity index (χ0) is 18.2. The second-order valence-corrected chi connectivity index (χ2v) is 7.61. The minimum Gasteiger partial charge on any atom is -0.335 e. The molecule has 0 unspecified atom stereocenters. The Morgan fingerprint density at radius 3 is 2.56 bits per heavy atom. The van der Waals surface area contributed by atoms with Crippen molar-refractivity contribution < 1.29 is 4.79 Å². The van der Waals surface area contributed by atoms with E-state index in [1.54, 1.807) is 0 Å². The minimum atomic E-state index is 0.0427. The molecule has 0 radical (unpaired) electrons. The number of carbonyl (C=O) groups is 1. The minimum absolute atomic E-state index is 0.0427. The third-order valence-corrected chi connectivity index (χ3v) is 6.11. The fraction of sp³-hybridized carbons (Fsp3) is 0.364. The summed E-state index contributed by atoms with van der Waals surface area (Å²) < 4.78 is 0. The molecule has 5 nitrogen and oxygen atoms in total. The molecule has 1 amide bonds. The summed E-state index contributed by atoms with van der Waals surface area (Å²) in [5.74, 6) is 0.0427. The molecule has 1 aliphatic heterocycles. The number of H-pyrrole nitrogens is 1. The van der Waals surface area contributed by atoms with Gasteiger partial charge in [-0.25, -0.2) is 0 Å². The Kier molecular flexibility index (Phi) is 4.17. The van der Waals surface area contributed by atoms with Crippen molar-refractivity contribution in [3.05, 3.63) is 65.4 Å². The van der Waals surface area contributed by atoms with Crippen LogP contribution in [0, 0.1) is 0 Å². The Morgan fingerprint density at radius 1 is 0.963 bits per heavy atom. The second-order valence-electron chi connectivity index (χ2n) is 7.61. The van der Waals surface area contributed by atoms with Crippen molar-refractivity contribution in [1.29, 1.82) is 0 Å². The summed E-state index contributed by atoms with van der Waals surface area (Å²) in [7, 11) is 0. The number of rotatable bonds is 2. The number of aromatic nitrogens is 2. The summed E-state index contributed by atoms with van der Waals surface area (Å²) in [6.45, 7) is 3.44. The predicted molar refractivity (Wildman–Crippen MR) is 106 cm³/mol. The lowest BCUT2D eigenvalue weighted by Crippen LogP contribution is -2.53. The van der Waals surface area contributed by atoms with Crippen LogP contribution in [0.4, 0.5) is 0 Å². The summed E-state index contributed by atoms with van der Waals surface area (Å²) >= 11 is 0. The highest BCUT2D eigenvalue weighted by Crippen LogP contribution is 2.25. The number of benzene rings is 2. The maximum absolute atomic E-state index is 12.9. The predicted octanol–water partition coefficient (Wildman–Crippen LogP) is 2.88. The zero-order valence-electron chi connectivity index (χ0n) is 15.4. The van der Waals surface area contributed by atoms with Crippen LogP contribution >= 0.6 is 0 Å². The lowest BCUT2D eigenvalue weighted by atomic mass is 9.87. The molecule has 0 spiro atoms. The van der Waals surface area contributed by atoms with Gasteiger partial charge in [-0.15, -0.1) is 0 Å². The van der Waals surface area contributed by atoms with Gasteiger partial charge >= 0.3 is 0 Å². The van der Waals surface area contributed by atoms with Gasteiger partial charge in [-0.3, -0.25) is 14.8 Å². The molecule has 138 valence electrons. The number of aryl methyl sites for hydroxylation is 1. The molecule has 5 heteroatoms. The van der Waals surface area contributed by atoms with Gasteiger partial charge < -0.3 is 4.90 Å². The van der Waals surface area contributed by atoms with Gasteiger partial charge in [0.25, 0.3) is 5.91 Å². The Morgan fingerprint density at radius 2 is 1.70 bits per heavy atom. The third kappa shape index (κ3) is 3.02. The molecular formula is C22H24N4O. The van der Waals surface area contributed by atoms with Crippen LogP contribution < -0.4 is 0 Å². The van der Waals surface area contributed by atoms with Gasteiger partial charge in [-0.05, 0) is 36.5 Å². The van der Waals surface area contributed by atoms with Crippen LogP contribution in [0.5, 0.6) is 0 Å². The standard InChI is InChI=1S/C22H24N4O/c27-22(21-19-7-3-4-8-20(19)23-24-21)26-13-11-25(12-14-26)18-10-9-16-5-1-2-6-17(16)15-18/h1-8,18H,9-15H2,(H,23,24)/t18-/m1/s1. The zero-order valence-corrected chi connectivity index (χ0v) is 15.4. The number of nitrogens with zero attached hydrogens (tertiary/aromatic N) is 3. The van der Waals surface area contributed by atoms with E-state index in [9.17, 15) is 4.79 Å². The number of carbonyl (C=O) groups excluding carboxylic acids is 1. The smallest absolute Gasteiger partial charge is 0.275 e. The lowest BCUT2D eigenvalue weighted by molar-refractivity contribution is 0.0549. The van der Waals surface area contributed by atoms with E-state index in [4.69, 9.17) is 0 Å². The number of hydrogen-bond donors (Lipinski definition) is 1. The van der Waals surface area contributed by atoms with E-state index < -0.39 is 0 Å². The topological polar surface area (TPSA) is 52.2 Å². The Labute approximate surface area is 159 Å². The molecule has 3 aromatic rings. The number of aromatic amines is 1. The van der Waals surface area contributed by atoms with Gasteiger partial charge in [-0.1, -0.05) is 42.5 Å². The number of para-hydroxylation sites is 1. The highest BCUT2D eigenvalue weighted by atomic mass is 16.2. The summed E-state index contributed by atoms with van der Waals surface area (Å²) in [4.78, 5) is 17.5. The van der Waals surface area contributed by atoms with Crippen LogP contribution in [0.25, 0.3) is 10.9 Å². The first kappa shape index (κ1) is 16.5. The van der Waals surface area contributed by atoms with Crippen LogP contribution in [0.1, 0.15) is 28.0 Å². The fourth-order valence-corrected chi connectivity index (χ4v) is 4.56. The number of fused-ring (bicyclic) bond motifs is 2. The van der Waals surface area contributed by atoms with Crippen molar-refractivity contribution in [3.63, 3.8) is 0 Å². The van der Waals surface area contributed by atoms with Gasteiger partial charge in [0, 0.05) is 37.6 Å². The van der Waals surface area contributed by atoms with Crippen molar-refractivity contribution in [3.8, 4) is 0 Å². The van der Waals surface area contributed by atoms with Gasteiger partial charge in [0.2, 0.25) is 0 Å². The fourth-order valence-electron chi connectivity index (χ4n) is 4.56. The molecule has 27 heavy (non-hydrogen) atoms. The van der Waals surface area contributed by atoms with Crippen molar-refractivity contribution in [2.24, 2.45) is 0 Å². The first-order valence-electron chi connectivity index (χ1n) is 9.83. The Hall–Kier alpha value is -2.66. The molecule has 2 aromatic carbocycles. The van der Waals surface area contributed by atoms with Gasteiger partial charge in [0.1, 0.15) is 0 Å². The van der Waals surface area contributed by atoms with Crippen molar-refractivity contribution in [2.45, 2.75) is 25.3 Å². The monoisotopic (exact) mass is 360 g/mol. The molecule has 0 saturated carbocycles. The lowest BCUT2D eigenvalue weighted by Gasteiger charge is -2.41. The third-order valence-electron chi connectivity index (χ3n) is 6.11. The van der Waals surface area contributed by atoms with Crippen LogP contribution in [0.3, 0.4) is 0 Å². The summed E-state index contributed by atoms with van der Waals surface area (Å²) in [5, 5.41) is 8.16. The number of amides is 1. The summed E-state index contributed by atoms with van der Waals surface area (Å²) in [6, 6.07) is 17.2. The molecule has 5 rings (SSSR count). The van der Waals surface area contributed by atoms with E-state index in [-0.39, 0.29) is 5.91 Å². The molecule has 1 atom stereocenters. The maximum Gasteiger partial charge on any atom is 0.275 e. The number of piperazine rings is 1. The average molecular weight is 360 g/mol. The summed E-state index contributed by atoms with van der Waals surface area (Å²) in [6.07, 6.45) is 3.52. The van der Waals surface area contributed by atoms with Crippen LogP contribution in [-0.4, -0.2) is 58.1 Å². The van der Waals surface area contributed by atoms with Gasteiger partial charge in [-0.2, -0.15) is 5.10 Å². The number of hydrogen-bond acceptors (Lipinski definition) is 3. The first-order chi connectivity index (χ1) is 13.3. The van der Waals surface area contributed by atoms with Crippen molar-refractivity contribution >= 4 is 16.8 Å². The molecular weight excluding hydrogens is 336 g/mol.